The Hall–Kier alpha value is -0.730. The molecule has 0 heterocycles. The van der Waals surface area contributed by atoms with Crippen LogP contribution in [0.4, 0.5) is 4.79 Å². The Balaban J connectivity index is 1.89. The molecular formula is C14H26N2O. The summed E-state index contributed by atoms with van der Waals surface area (Å²) < 4.78 is 0. The van der Waals surface area contributed by atoms with Gasteiger partial charge in [0.2, 0.25) is 0 Å². The van der Waals surface area contributed by atoms with E-state index in [0.717, 1.165) is 6.54 Å². The summed E-state index contributed by atoms with van der Waals surface area (Å²) in [5.41, 5.74) is 0. The van der Waals surface area contributed by atoms with Crippen molar-refractivity contribution < 1.29 is 4.79 Å². The van der Waals surface area contributed by atoms with Crippen LogP contribution in [-0.4, -0.2) is 29.6 Å². The second kappa shape index (κ2) is 5.74. The van der Waals surface area contributed by atoms with Gasteiger partial charge in [-0.25, -0.2) is 4.79 Å². The first-order valence-corrected chi connectivity index (χ1v) is 7.24. The number of nitrogens with zero attached hydrogens (tertiary/aromatic N) is 1. The van der Waals surface area contributed by atoms with Crippen LogP contribution >= 0.6 is 0 Å². The molecule has 0 radical (unpaired) electrons. The predicted octanol–water partition coefficient (Wildman–Crippen LogP) is 3.15. The first-order chi connectivity index (χ1) is 8.16. The fraction of sp³-hybridized carbons (Fsp3) is 0.929. The lowest BCUT2D eigenvalue weighted by molar-refractivity contribution is 0.157. The van der Waals surface area contributed by atoms with Crippen molar-refractivity contribution >= 4 is 6.03 Å². The molecular weight excluding hydrogens is 212 g/mol. The van der Waals surface area contributed by atoms with E-state index in [0.29, 0.717) is 18.0 Å². The van der Waals surface area contributed by atoms with Gasteiger partial charge in [0.05, 0.1) is 0 Å². The van der Waals surface area contributed by atoms with Crippen LogP contribution in [0.3, 0.4) is 0 Å². The lowest BCUT2D eigenvalue weighted by atomic mass is 9.93. The van der Waals surface area contributed by atoms with Crippen LogP contribution in [0.15, 0.2) is 0 Å². The van der Waals surface area contributed by atoms with Crippen LogP contribution in [0.2, 0.25) is 0 Å². The molecule has 0 aromatic heterocycles. The Bertz CT molecular complexity index is 255. The summed E-state index contributed by atoms with van der Waals surface area (Å²) >= 11 is 0. The lowest BCUT2D eigenvalue weighted by Crippen LogP contribution is -2.51. The number of hydrogen-bond acceptors (Lipinski definition) is 1. The molecule has 17 heavy (non-hydrogen) atoms. The van der Waals surface area contributed by atoms with Crippen LogP contribution < -0.4 is 5.32 Å². The average molecular weight is 238 g/mol. The van der Waals surface area contributed by atoms with Crippen molar-refractivity contribution in [2.45, 2.75) is 70.9 Å². The maximum atomic E-state index is 12.3. The molecule has 0 aromatic carbocycles. The zero-order valence-electron chi connectivity index (χ0n) is 11.2. The lowest BCUT2D eigenvalue weighted by Gasteiger charge is -2.34. The Morgan fingerprint density at radius 2 is 1.82 bits per heavy atom. The second-order valence-electron chi connectivity index (χ2n) is 6.06. The predicted molar refractivity (Wildman–Crippen MR) is 70.0 cm³/mol. The third-order valence-electron chi connectivity index (χ3n) is 4.02. The topological polar surface area (TPSA) is 32.3 Å². The van der Waals surface area contributed by atoms with Crippen molar-refractivity contribution in [2.75, 3.05) is 6.54 Å². The van der Waals surface area contributed by atoms with E-state index in [9.17, 15) is 4.79 Å². The van der Waals surface area contributed by atoms with Gasteiger partial charge < -0.3 is 10.2 Å². The van der Waals surface area contributed by atoms with Gasteiger partial charge in [0, 0.05) is 18.6 Å². The molecule has 98 valence electrons. The molecule has 0 unspecified atom stereocenters. The van der Waals surface area contributed by atoms with Gasteiger partial charge >= 0.3 is 6.03 Å². The highest BCUT2D eigenvalue weighted by Crippen LogP contribution is 2.25. The standard InChI is InChI=1S/C14H26N2O/c1-11(2)10-16(13-8-3-4-9-13)14(17)15-12-6-5-7-12/h11-13H,3-10H2,1-2H3,(H,15,17). The van der Waals surface area contributed by atoms with E-state index in [4.69, 9.17) is 0 Å². The molecule has 2 rings (SSSR count). The van der Waals surface area contributed by atoms with Crippen molar-refractivity contribution in [1.29, 1.82) is 0 Å². The van der Waals surface area contributed by atoms with E-state index in [1.165, 1.54) is 44.9 Å². The van der Waals surface area contributed by atoms with Crippen molar-refractivity contribution in [2.24, 2.45) is 5.92 Å². The van der Waals surface area contributed by atoms with Gasteiger partial charge in [-0.1, -0.05) is 26.7 Å². The summed E-state index contributed by atoms with van der Waals surface area (Å²) in [5.74, 6) is 0.558. The number of rotatable bonds is 4. The molecule has 3 heteroatoms. The first-order valence-electron chi connectivity index (χ1n) is 7.24. The van der Waals surface area contributed by atoms with Gasteiger partial charge in [-0.3, -0.25) is 0 Å². The van der Waals surface area contributed by atoms with Crippen molar-refractivity contribution in [3.63, 3.8) is 0 Å². The smallest absolute Gasteiger partial charge is 0.317 e. The highest BCUT2D eigenvalue weighted by Gasteiger charge is 2.29. The van der Waals surface area contributed by atoms with Gasteiger partial charge in [0.25, 0.3) is 0 Å². The Morgan fingerprint density at radius 3 is 2.29 bits per heavy atom. The minimum absolute atomic E-state index is 0.190. The quantitative estimate of drug-likeness (QED) is 0.801. The van der Waals surface area contributed by atoms with Gasteiger partial charge in [-0.05, 0) is 38.0 Å². The number of urea groups is 1. The summed E-state index contributed by atoms with van der Waals surface area (Å²) in [6.45, 7) is 5.29. The van der Waals surface area contributed by atoms with Crippen LogP contribution in [-0.2, 0) is 0 Å². The number of carbonyl (C=O) groups excluding carboxylic acids is 1. The monoisotopic (exact) mass is 238 g/mol. The summed E-state index contributed by atoms with van der Waals surface area (Å²) in [4.78, 5) is 14.4. The van der Waals surface area contributed by atoms with Crippen molar-refractivity contribution in [3.8, 4) is 0 Å². The van der Waals surface area contributed by atoms with Gasteiger partial charge in [0.15, 0.2) is 0 Å². The van der Waals surface area contributed by atoms with E-state index in [1.54, 1.807) is 0 Å². The maximum Gasteiger partial charge on any atom is 0.317 e. The molecule has 2 aliphatic carbocycles. The van der Waals surface area contributed by atoms with Crippen LogP contribution in [0.25, 0.3) is 0 Å². The minimum Gasteiger partial charge on any atom is -0.335 e. The molecule has 2 aliphatic rings. The van der Waals surface area contributed by atoms with Gasteiger partial charge in [-0.15, -0.1) is 0 Å². The molecule has 1 N–H and O–H groups in total. The van der Waals surface area contributed by atoms with Crippen LogP contribution in [0, 0.1) is 5.92 Å². The molecule has 3 nitrogen and oxygen atoms in total. The highest BCUT2D eigenvalue weighted by atomic mass is 16.2. The molecule has 0 aromatic rings. The first kappa shape index (κ1) is 12.7. The minimum atomic E-state index is 0.190. The molecule has 0 spiro atoms. The van der Waals surface area contributed by atoms with Crippen molar-refractivity contribution in [1.82, 2.24) is 10.2 Å². The molecule has 2 saturated carbocycles. The SMILES string of the molecule is CC(C)CN(C(=O)NC1CCC1)C1CCCC1. The maximum absolute atomic E-state index is 12.3. The van der Waals surface area contributed by atoms with E-state index in [2.05, 4.69) is 24.1 Å². The number of hydrogen-bond donors (Lipinski definition) is 1. The summed E-state index contributed by atoms with van der Waals surface area (Å²) in [6.07, 6.45) is 8.60. The second-order valence-corrected chi connectivity index (χ2v) is 6.06. The molecule has 2 amide bonds. The van der Waals surface area contributed by atoms with Gasteiger partial charge in [0.1, 0.15) is 0 Å². The average Bonchev–Trinajstić information content (AvgIpc) is 2.72. The molecule has 0 saturated heterocycles. The van der Waals surface area contributed by atoms with E-state index >= 15 is 0 Å². The van der Waals surface area contributed by atoms with E-state index in [1.807, 2.05) is 0 Å². The number of carbonyl (C=O) groups is 1. The number of nitrogens with one attached hydrogen (secondary N) is 1. The fourth-order valence-corrected chi connectivity index (χ4v) is 2.82. The molecule has 0 aliphatic heterocycles. The Kier molecular flexibility index (Phi) is 4.30. The Morgan fingerprint density at radius 1 is 1.18 bits per heavy atom. The zero-order valence-corrected chi connectivity index (χ0v) is 11.2. The highest BCUT2D eigenvalue weighted by molar-refractivity contribution is 5.75. The molecule has 0 atom stereocenters. The van der Waals surface area contributed by atoms with Crippen LogP contribution in [0.1, 0.15) is 58.8 Å². The van der Waals surface area contributed by atoms with Gasteiger partial charge in [-0.2, -0.15) is 0 Å². The summed E-state index contributed by atoms with van der Waals surface area (Å²) in [5, 5.41) is 3.19. The number of amides is 2. The summed E-state index contributed by atoms with van der Waals surface area (Å²) in [7, 11) is 0. The van der Waals surface area contributed by atoms with Crippen LogP contribution in [0.5, 0.6) is 0 Å². The van der Waals surface area contributed by atoms with E-state index < -0.39 is 0 Å². The normalized spacial score (nSPS) is 21.6. The third-order valence-corrected chi connectivity index (χ3v) is 4.02. The molecule has 2 fully saturated rings. The third kappa shape index (κ3) is 3.36. The van der Waals surface area contributed by atoms with E-state index in [-0.39, 0.29) is 6.03 Å². The molecule has 0 bridgehead atoms. The summed E-state index contributed by atoms with van der Waals surface area (Å²) in [6, 6.07) is 1.14. The zero-order chi connectivity index (χ0) is 12.3. The Labute approximate surface area is 105 Å². The largest absolute Gasteiger partial charge is 0.335 e. The van der Waals surface area contributed by atoms with Crippen molar-refractivity contribution in [3.05, 3.63) is 0 Å². The fourth-order valence-electron chi connectivity index (χ4n) is 2.82.